The molecule has 1 aromatic rings. The molecule has 2 fully saturated rings. The number of nitrogens with zero attached hydrogens (tertiary/aromatic N) is 2. The van der Waals surface area contributed by atoms with Gasteiger partial charge in [-0.3, -0.25) is 0 Å². The van der Waals surface area contributed by atoms with E-state index in [4.69, 9.17) is 4.74 Å². The summed E-state index contributed by atoms with van der Waals surface area (Å²) in [5, 5.41) is 3.66. The molecule has 3 heterocycles. The fraction of sp³-hybridized carbons (Fsp3) is 0.625. The summed E-state index contributed by atoms with van der Waals surface area (Å²) in [4.78, 5) is 18.5. The van der Waals surface area contributed by atoms with Gasteiger partial charge in [-0.2, -0.15) is 0 Å². The molecule has 1 N–H and O–H groups in total. The average Bonchev–Trinajstić information content (AvgIpc) is 2.84. The maximum Gasteiger partial charge on any atom is 0.339 e. The van der Waals surface area contributed by atoms with Crippen LogP contribution in [-0.2, 0) is 4.74 Å². The molecule has 2 aliphatic heterocycles. The van der Waals surface area contributed by atoms with Gasteiger partial charge in [-0.1, -0.05) is 0 Å². The third-order valence-electron chi connectivity index (χ3n) is 4.83. The first-order valence-electron chi connectivity index (χ1n) is 7.63. The van der Waals surface area contributed by atoms with E-state index in [-0.39, 0.29) is 5.97 Å². The van der Waals surface area contributed by atoms with Crippen molar-refractivity contribution in [1.29, 1.82) is 0 Å². The number of hydrogen-bond acceptors (Lipinski definition) is 5. The zero-order valence-corrected chi connectivity index (χ0v) is 12.9. The Morgan fingerprint density at radius 1 is 1.33 bits per heavy atom. The number of rotatable bonds is 3. The predicted octanol–water partition coefficient (Wildman–Crippen LogP) is 1.90. The lowest BCUT2D eigenvalue weighted by Crippen LogP contribution is -2.47. The number of methoxy groups -OCH3 is 1. The molecule has 0 radical (unpaired) electrons. The van der Waals surface area contributed by atoms with Gasteiger partial charge in [-0.05, 0) is 44.7 Å². The second-order valence-electron chi connectivity index (χ2n) is 6.17. The van der Waals surface area contributed by atoms with Crippen molar-refractivity contribution in [2.75, 3.05) is 19.1 Å². The van der Waals surface area contributed by atoms with Crippen molar-refractivity contribution >= 4 is 11.8 Å². The lowest BCUT2D eigenvalue weighted by atomic mass is 9.98. The van der Waals surface area contributed by atoms with Crippen LogP contribution in [0, 0.1) is 6.92 Å². The average molecular weight is 289 g/mol. The van der Waals surface area contributed by atoms with E-state index < -0.39 is 0 Å². The Labute approximate surface area is 125 Å². The lowest BCUT2D eigenvalue weighted by Gasteiger charge is -2.36. The van der Waals surface area contributed by atoms with Crippen molar-refractivity contribution in [2.45, 2.75) is 50.7 Å². The van der Waals surface area contributed by atoms with Gasteiger partial charge < -0.3 is 15.0 Å². The first-order valence-corrected chi connectivity index (χ1v) is 7.63. The Hall–Kier alpha value is -1.62. The van der Waals surface area contributed by atoms with Crippen LogP contribution in [0.4, 0.5) is 5.82 Å². The Morgan fingerprint density at radius 3 is 2.57 bits per heavy atom. The van der Waals surface area contributed by atoms with Crippen LogP contribution < -0.4 is 10.2 Å². The van der Waals surface area contributed by atoms with Gasteiger partial charge in [-0.25, -0.2) is 9.78 Å². The summed E-state index contributed by atoms with van der Waals surface area (Å²) in [5.41, 5.74) is 1.27. The molecule has 0 spiro atoms. The molecular weight excluding hydrogens is 266 g/mol. The van der Waals surface area contributed by atoms with E-state index in [1.807, 2.05) is 19.1 Å². The van der Waals surface area contributed by atoms with E-state index in [0.29, 0.717) is 23.7 Å². The van der Waals surface area contributed by atoms with Gasteiger partial charge in [0.1, 0.15) is 5.82 Å². The lowest BCUT2D eigenvalue weighted by molar-refractivity contribution is 0.0599. The van der Waals surface area contributed by atoms with Crippen LogP contribution in [-0.4, -0.2) is 43.2 Å². The summed E-state index contributed by atoms with van der Waals surface area (Å²) in [5.74, 6) is 0.612. The molecule has 3 rings (SSSR count). The minimum atomic E-state index is -0.325. The maximum absolute atomic E-state index is 11.6. The summed E-state index contributed by atoms with van der Waals surface area (Å²) in [6.07, 6.45) is 4.93. The van der Waals surface area contributed by atoms with Crippen LogP contribution in [0.2, 0.25) is 0 Å². The third kappa shape index (κ3) is 2.75. The molecule has 0 aliphatic carbocycles. The van der Waals surface area contributed by atoms with Crippen molar-refractivity contribution in [2.24, 2.45) is 0 Å². The van der Waals surface area contributed by atoms with Gasteiger partial charge in [0.2, 0.25) is 0 Å². The Bertz CT molecular complexity index is 534. The van der Waals surface area contributed by atoms with Crippen molar-refractivity contribution < 1.29 is 9.53 Å². The minimum Gasteiger partial charge on any atom is -0.465 e. The second kappa shape index (κ2) is 5.64. The van der Waals surface area contributed by atoms with E-state index in [1.54, 1.807) is 0 Å². The first-order chi connectivity index (χ1) is 10.1. The molecule has 1 aromatic heterocycles. The molecule has 2 atom stereocenters. The number of anilines is 1. The van der Waals surface area contributed by atoms with Gasteiger partial charge in [0.05, 0.1) is 18.4 Å². The van der Waals surface area contributed by atoms with Crippen molar-refractivity contribution in [3.8, 4) is 0 Å². The van der Waals surface area contributed by atoms with E-state index in [2.05, 4.69) is 22.2 Å². The number of carbonyl (C=O) groups is 1. The number of hydrogen-bond donors (Lipinski definition) is 1. The molecule has 114 valence electrons. The number of esters is 1. The second-order valence-corrected chi connectivity index (χ2v) is 6.17. The summed E-state index contributed by atoms with van der Waals surface area (Å²) < 4.78 is 4.77. The van der Waals surface area contributed by atoms with Crippen molar-refractivity contribution in [3.63, 3.8) is 0 Å². The molecule has 0 amide bonds. The fourth-order valence-corrected chi connectivity index (χ4v) is 3.60. The number of pyridine rings is 1. The van der Waals surface area contributed by atoms with Crippen LogP contribution in [0.3, 0.4) is 0 Å². The zero-order valence-electron chi connectivity index (χ0n) is 12.9. The monoisotopic (exact) mass is 289 g/mol. The standard InChI is InChI=1S/C16H23N3O2/c1-10-14(16(20)21-3)6-7-15(17-10)19(2)13-8-11-4-5-12(9-13)18-11/h6-7,11-13,18H,4-5,8-9H2,1-3H3. The molecule has 0 saturated carbocycles. The third-order valence-corrected chi connectivity index (χ3v) is 4.83. The molecule has 0 aromatic carbocycles. The Kier molecular flexibility index (Phi) is 3.85. The van der Waals surface area contributed by atoms with Gasteiger partial charge in [0.25, 0.3) is 0 Å². The minimum absolute atomic E-state index is 0.325. The summed E-state index contributed by atoms with van der Waals surface area (Å²) in [6, 6.07) is 5.58. The number of fused-ring (bicyclic) bond motifs is 2. The van der Waals surface area contributed by atoms with E-state index in [0.717, 1.165) is 11.5 Å². The highest BCUT2D eigenvalue weighted by Gasteiger charge is 2.35. The summed E-state index contributed by atoms with van der Waals surface area (Å²) in [6.45, 7) is 1.86. The van der Waals surface area contributed by atoms with Gasteiger partial charge in [0, 0.05) is 25.2 Å². The predicted molar refractivity (Wildman–Crippen MR) is 81.7 cm³/mol. The molecule has 21 heavy (non-hydrogen) atoms. The van der Waals surface area contributed by atoms with Crippen LogP contribution in [0.5, 0.6) is 0 Å². The highest BCUT2D eigenvalue weighted by molar-refractivity contribution is 5.90. The number of ether oxygens (including phenoxy) is 1. The van der Waals surface area contributed by atoms with E-state index in [9.17, 15) is 4.79 Å². The number of nitrogens with one attached hydrogen (secondary N) is 1. The molecular formula is C16H23N3O2. The van der Waals surface area contributed by atoms with Gasteiger partial charge in [-0.15, -0.1) is 0 Å². The zero-order chi connectivity index (χ0) is 15.0. The first kappa shape index (κ1) is 14.3. The summed E-state index contributed by atoms with van der Waals surface area (Å²) >= 11 is 0. The van der Waals surface area contributed by atoms with Crippen LogP contribution in [0.25, 0.3) is 0 Å². The Morgan fingerprint density at radius 2 is 2.00 bits per heavy atom. The highest BCUT2D eigenvalue weighted by atomic mass is 16.5. The number of carbonyl (C=O) groups excluding carboxylic acids is 1. The number of aromatic nitrogens is 1. The molecule has 2 bridgehead atoms. The fourth-order valence-electron chi connectivity index (χ4n) is 3.60. The van der Waals surface area contributed by atoms with Crippen molar-refractivity contribution in [1.82, 2.24) is 10.3 Å². The smallest absolute Gasteiger partial charge is 0.339 e. The van der Waals surface area contributed by atoms with Crippen LogP contribution in [0.15, 0.2) is 12.1 Å². The molecule has 5 heteroatoms. The molecule has 2 saturated heterocycles. The van der Waals surface area contributed by atoms with Crippen molar-refractivity contribution in [3.05, 3.63) is 23.4 Å². The van der Waals surface area contributed by atoms with E-state index in [1.165, 1.54) is 32.8 Å². The van der Waals surface area contributed by atoms with E-state index >= 15 is 0 Å². The summed E-state index contributed by atoms with van der Waals surface area (Å²) in [7, 11) is 3.50. The largest absolute Gasteiger partial charge is 0.465 e. The number of aryl methyl sites for hydroxylation is 1. The molecule has 2 unspecified atom stereocenters. The number of piperidine rings is 1. The SMILES string of the molecule is COC(=O)c1ccc(N(C)C2CC3CCC(C2)N3)nc1C. The van der Waals surface area contributed by atoms with Gasteiger partial charge >= 0.3 is 5.97 Å². The van der Waals surface area contributed by atoms with Crippen LogP contribution >= 0.6 is 0 Å². The maximum atomic E-state index is 11.6. The topological polar surface area (TPSA) is 54.5 Å². The normalized spacial score (nSPS) is 27.5. The molecule has 2 aliphatic rings. The molecule has 5 nitrogen and oxygen atoms in total. The highest BCUT2D eigenvalue weighted by Crippen LogP contribution is 2.31. The quantitative estimate of drug-likeness (QED) is 0.861. The Balaban J connectivity index is 1.77. The van der Waals surface area contributed by atoms with Gasteiger partial charge in [0.15, 0.2) is 0 Å². The van der Waals surface area contributed by atoms with Crippen LogP contribution in [0.1, 0.15) is 41.7 Å².